The van der Waals surface area contributed by atoms with E-state index < -0.39 is 0 Å². The molecule has 0 aromatic carbocycles. The number of hydrogen-bond donors (Lipinski definition) is 0. The monoisotopic (exact) mass is 300 g/mol. The van der Waals surface area contributed by atoms with Crippen LogP contribution in [0.2, 0.25) is 0 Å². The summed E-state index contributed by atoms with van der Waals surface area (Å²) in [6, 6.07) is 0. The molecule has 4 heteroatoms. The Labute approximate surface area is 138 Å². The summed E-state index contributed by atoms with van der Waals surface area (Å²) in [7, 11) is 6.40. The van der Waals surface area contributed by atoms with Gasteiger partial charge in [-0.1, -0.05) is 54.9 Å². The molecule has 0 aliphatic carbocycles. The number of rotatable bonds is 7. The number of nitrogens with zero attached hydrogens (tertiary/aromatic N) is 3. The Bertz CT molecular complexity index is 161. The highest BCUT2D eigenvalue weighted by Gasteiger charge is 2.03. The molecule has 129 valence electrons. The first-order chi connectivity index (χ1) is 9.24. The van der Waals surface area contributed by atoms with Crippen LogP contribution in [0.15, 0.2) is 0 Å². The minimum Gasteiger partial charge on any atom is -0.305 e. The van der Waals surface area contributed by atoms with Crippen molar-refractivity contribution in [1.82, 2.24) is 14.7 Å². The quantitative estimate of drug-likeness (QED) is 0.526. The highest BCUT2D eigenvalue weighted by Crippen LogP contribution is 1.91. The van der Waals surface area contributed by atoms with Gasteiger partial charge in [-0.25, -0.2) is 0 Å². The van der Waals surface area contributed by atoms with Crippen molar-refractivity contribution in [1.29, 1.82) is 0 Å². The predicted molar refractivity (Wildman–Crippen MR) is 101 cm³/mol. The van der Waals surface area contributed by atoms with E-state index in [1.54, 1.807) is 0 Å². The molecule has 0 rings (SSSR count). The van der Waals surface area contributed by atoms with Crippen LogP contribution in [0.3, 0.4) is 0 Å². The average molecular weight is 300 g/mol. The van der Waals surface area contributed by atoms with Gasteiger partial charge < -0.3 is 4.90 Å². The van der Waals surface area contributed by atoms with Crippen molar-refractivity contribution >= 4 is 8.41 Å². The summed E-state index contributed by atoms with van der Waals surface area (Å²) in [6.07, 6.45) is 1.25. The molecule has 0 fully saturated rings. The van der Waals surface area contributed by atoms with Gasteiger partial charge in [0.2, 0.25) is 0 Å². The molecule has 0 unspecified atom stereocenters. The smallest absolute Gasteiger partial charge is 0.0501 e. The fraction of sp³-hybridized carbons (Fsp3) is 1.00. The van der Waals surface area contributed by atoms with Crippen molar-refractivity contribution in [3.63, 3.8) is 0 Å². The zero-order valence-electron chi connectivity index (χ0n) is 16.7. The van der Waals surface area contributed by atoms with Gasteiger partial charge >= 0.3 is 0 Å². The van der Waals surface area contributed by atoms with Crippen LogP contribution in [-0.4, -0.2) is 77.1 Å². The van der Waals surface area contributed by atoms with Crippen molar-refractivity contribution < 1.29 is 0 Å². The lowest BCUT2D eigenvalue weighted by Crippen LogP contribution is -2.38. The van der Waals surface area contributed by atoms with E-state index in [1.807, 2.05) is 0 Å². The van der Waals surface area contributed by atoms with E-state index in [9.17, 15) is 0 Å². The Kier molecular flexibility index (Phi) is 30.7. The molecule has 0 aliphatic rings. The maximum atomic E-state index is 2.45. The minimum absolute atomic E-state index is 0. The molecule has 0 saturated heterocycles. The standard InChI is InChI=1S/C10H25N3.C4H10.C3H8.B/c1-6-12(5)8-9-13(7-2)10-11(3)4;1-4(2)3;1-3-2;/h6-10H2,1-5H3;4H,1-3H3;3H2,1-2H3;. The van der Waals surface area contributed by atoms with Gasteiger partial charge in [0.15, 0.2) is 0 Å². The van der Waals surface area contributed by atoms with Crippen molar-refractivity contribution in [2.75, 3.05) is 54.0 Å². The topological polar surface area (TPSA) is 9.72 Å². The van der Waals surface area contributed by atoms with Gasteiger partial charge in [0, 0.05) is 21.5 Å². The Balaban J connectivity index is -0.000000152. The van der Waals surface area contributed by atoms with Crippen LogP contribution in [0, 0.1) is 5.92 Å². The van der Waals surface area contributed by atoms with E-state index >= 15 is 0 Å². The van der Waals surface area contributed by atoms with E-state index in [1.165, 1.54) is 13.0 Å². The summed E-state index contributed by atoms with van der Waals surface area (Å²) in [4.78, 5) is 7.01. The number of hydrogen-bond acceptors (Lipinski definition) is 3. The maximum Gasteiger partial charge on any atom is 0.0501 e. The van der Waals surface area contributed by atoms with Gasteiger partial charge in [-0.15, -0.1) is 0 Å². The van der Waals surface area contributed by atoms with E-state index in [0.717, 1.165) is 32.2 Å². The van der Waals surface area contributed by atoms with Gasteiger partial charge in [-0.3, -0.25) is 9.80 Å². The summed E-state index contributed by atoms with van der Waals surface area (Å²) in [5.41, 5.74) is 0. The van der Waals surface area contributed by atoms with Gasteiger partial charge in [0.1, 0.15) is 0 Å². The first-order valence-corrected chi connectivity index (χ1v) is 8.30. The molecule has 3 radical (unpaired) electrons. The van der Waals surface area contributed by atoms with Crippen molar-refractivity contribution in [2.45, 2.75) is 54.9 Å². The van der Waals surface area contributed by atoms with Crippen LogP contribution in [0.25, 0.3) is 0 Å². The third-order valence-corrected chi connectivity index (χ3v) is 2.27. The molecular formula is C17H43BN3. The van der Waals surface area contributed by atoms with Gasteiger partial charge in [0.25, 0.3) is 0 Å². The normalized spacial score (nSPS) is 10.0. The minimum atomic E-state index is 0. The van der Waals surface area contributed by atoms with Crippen molar-refractivity contribution in [2.24, 2.45) is 5.92 Å². The summed E-state index contributed by atoms with van der Waals surface area (Å²) in [5.74, 6) is 0.833. The Morgan fingerprint density at radius 3 is 1.38 bits per heavy atom. The first-order valence-electron chi connectivity index (χ1n) is 8.30. The van der Waals surface area contributed by atoms with E-state index in [-0.39, 0.29) is 8.41 Å². The third-order valence-electron chi connectivity index (χ3n) is 2.27. The van der Waals surface area contributed by atoms with E-state index in [0.29, 0.717) is 0 Å². The number of likely N-dealkylation sites (N-methyl/N-ethyl adjacent to an activating group) is 2. The van der Waals surface area contributed by atoms with Crippen molar-refractivity contribution in [3.05, 3.63) is 0 Å². The molecule has 3 nitrogen and oxygen atoms in total. The SMILES string of the molecule is CC(C)C.CCC.CCN(C)CCN(CC)CN(C)C.[B]. The van der Waals surface area contributed by atoms with Crippen LogP contribution in [0.5, 0.6) is 0 Å². The molecular weight excluding hydrogens is 257 g/mol. The van der Waals surface area contributed by atoms with E-state index in [4.69, 9.17) is 0 Å². The molecule has 0 amide bonds. The largest absolute Gasteiger partial charge is 0.305 e. The molecule has 0 atom stereocenters. The third kappa shape index (κ3) is 38.3. The Morgan fingerprint density at radius 2 is 1.14 bits per heavy atom. The zero-order valence-corrected chi connectivity index (χ0v) is 16.7. The molecule has 0 aliphatic heterocycles. The van der Waals surface area contributed by atoms with Crippen LogP contribution < -0.4 is 0 Å². The average Bonchev–Trinajstić information content (AvgIpc) is 2.33. The van der Waals surface area contributed by atoms with Crippen LogP contribution in [0.4, 0.5) is 0 Å². The summed E-state index contributed by atoms with van der Waals surface area (Å²) >= 11 is 0. The van der Waals surface area contributed by atoms with Crippen LogP contribution in [0.1, 0.15) is 54.9 Å². The van der Waals surface area contributed by atoms with Gasteiger partial charge in [-0.2, -0.15) is 0 Å². The van der Waals surface area contributed by atoms with E-state index in [2.05, 4.69) is 84.3 Å². The molecule has 0 heterocycles. The molecule has 0 aromatic rings. The van der Waals surface area contributed by atoms with Gasteiger partial charge in [0.05, 0.1) is 6.67 Å². The van der Waals surface area contributed by atoms with Crippen molar-refractivity contribution in [3.8, 4) is 0 Å². The summed E-state index contributed by atoms with van der Waals surface area (Å²) in [5, 5.41) is 0. The second-order valence-corrected chi connectivity index (χ2v) is 6.27. The lowest BCUT2D eigenvalue weighted by molar-refractivity contribution is 0.165. The van der Waals surface area contributed by atoms with Gasteiger partial charge in [-0.05, 0) is 40.2 Å². The molecule has 0 bridgehead atoms. The maximum absolute atomic E-state index is 2.45. The summed E-state index contributed by atoms with van der Waals surface area (Å²) < 4.78 is 0. The van der Waals surface area contributed by atoms with Crippen LogP contribution in [-0.2, 0) is 0 Å². The molecule has 0 spiro atoms. The van der Waals surface area contributed by atoms with Crippen LogP contribution >= 0.6 is 0 Å². The summed E-state index contributed by atoms with van der Waals surface area (Å²) in [6.45, 7) is 20.8. The highest BCUT2D eigenvalue weighted by molar-refractivity contribution is 5.75. The fourth-order valence-corrected chi connectivity index (χ4v) is 1.20. The molecule has 0 aromatic heterocycles. The molecule has 21 heavy (non-hydrogen) atoms. The molecule has 0 saturated carbocycles. The second kappa shape index (κ2) is 22.2. The Hall–Kier alpha value is -0.0551. The lowest BCUT2D eigenvalue weighted by atomic mass is 10.3. The first kappa shape index (κ1) is 29.0. The lowest BCUT2D eigenvalue weighted by Gasteiger charge is -2.26. The second-order valence-electron chi connectivity index (χ2n) is 6.27. The Morgan fingerprint density at radius 1 is 0.762 bits per heavy atom. The predicted octanol–water partition coefficient (Wildman–Crippen LogP) is 3.48. The highest BCUT2D eigenvalue weighted by atomic mass is 15.3. The molecule has 0 N–H and O–H groups in total. The zero-order chi connectivity index (χ0) is 16.6. The fourth-order valence-electron chi connectivity index (χ4n) is 1.20.